The van der Waals surface area contributed by atoms with Crippen LogP contribution in [0.15, 0.2) is 0 Å². The first-order valence-electron chi connectivity index (χ1n) is 7.61. The summed E-state index contributed by atoms with van der Waals surface area (Å²) in [6, 6.07) is 0. The van der Waals surface area contributed by atoms with Gasteiger partial charge in [-0.15, -0.1) is 0 Å². The van der Waals surface area contributed by atoms with Crippen molar-refractivity contribution in [2.75, 3.05) is 45.9 Å². The van der Waals surface area contributed by atoms with Crippen LogP contribution in [0.2, 0.25) is 0 Å². The average Bonchev–Trinajstić information content (AvgIpc) is 2.93. The highest BCUT2D eigenvalue weighted by atomic mass is 16.5. The molecule has 5 heteroatoms. The monoisotopic (exact) mass is 269 g/mol. The molecule has 2 saturated heterocycles. The Bertz CT molecular complexity index is 272. The maximum Gasteiger partial charge on any atom is 0.225 e. The van der Waals surface area contributed by atoms with E-state index in [0.29, 0.717) is 6.42 Å². The molecule has 0 spiro atoms. The molecule has 1 atom stereocenters. The first-order valence-corrected chi connectivity index (χ1v) is 7.61. The summed E-state index contributed by atoms with van der Waals surface area (Å²) in [5.41, 5.74) is 5.50. The van der Waals surface area contributed by atoms with E-state index in [-0.39, 0.29) is 12.0 Å². The van der Waals surface area contributed by atoms with Gasteiger partial charge in [0.15, 0.2) is 0 Å². The van der Waals surface area contributed by atoms with E-state index in [1.54, 1.807) is 0 Å². The largest absolute Gasteiger partial charge is 0.378 e. The lowest BCUT2D eigenvalue weighted by Gasteiger charge is -2.35. The molecule has 19 heavy (non-hydrogen) atoms. The number of unbranched alkanes of at least 4 members (excludes halogenated alkanes) is 1. The second-order valence-electron chi connectivity index (χ2n) is 5.56. The van der Waals surface area contributed by atoms with E-state index in [1.807, 2.05) is 4.90 Å². The number of hydrogen-bond acceptors (Lipinski definition) is 4. The van der Waals surface area contributed by atoms with Gasteiger partial charge in [-0.25, -0.2) is 0 Å². The number of nitrogens with two attached hydrogens (primary N) is 1. The summed E-state index contributed by atoms with van der Waals surface area (Å²) in [7, 11) is 0. The summed E-state index contributed by atoms with van der Waals surface area (Å²) < 4.78 is 5.53. The minimum absolute atomic E-state index is 0.176. The van der Waals surface area contributed by atoms with Crippen molar-refractivity contribution in [1.82, 2.24) is 9.80 Å². The topological polar surface area (TPSA) is 58.8 Å². The maximum absolute atomic E-state index is 12.1. The zero-order valence-corrected chi connectivity index (χ0v) is 11.9. The minimum Gasteiger partial charge on any atom is -0.378 e. The normalized spacial score (nSPS) is 24.9. The van der Waals surface area contributed by atoms with Gasteiger partial charge in [-0.3, -0.25) is 9.69 Å². The lowest BCUT2D eigenvalue weighted by Crippen LogP contribution is -2.49. The van der Waals surface area contributed by atoms with Gasteiger partial charge in [-0.05, 0) is 38.8 Å². The molecule has 2 fully saturated rings. The van der Waals surface area contributed by atoms with E-state index in [9.17, 15) is 4.79 Å². The molecule has 5 nitrogen and oxygen atoms in total. The van der Waals surface area contributed by atoms with Crippen molar-refractivity contribution in [3.05, 3.63) is 0 Å². The Kier molecular flexibility index (Phi) is 6.07. The van der Waals surface area contributed by atoms with E-state index in [1.165, 1.54) is 6.42 Å². The van der Waals surface area contributed by atoms with E-state index in [0.717, 1.165) is 65.1 Å². The van der Waals surface area contributed by atoms with Gasteiger partial charge in [0.05, 0.1) is 12.5 Å². The van der Waals surface area contributed by atoms with Crippen molar-refractivity contribution in [3.8, 4) is 0 Å². The Morgan fingerprint density at radius 2 is 2.00 bits per heavy atom. The van der Waals surface area contributed by atoms with Crippen LogP contribution in [0.4, 0.5) is 0 Å². The first-order chi connectivity index (χ1) is 9.29. The van der Waals surface area contributed by atoms with Gasteiger partial charge < -0.3 is 15.4 Å². The Morgan fingerprint density at radius 3 is 2.63 bits per heavy atom. The number of piperazine rings is 1. The summed E-state index contributed by atoms with van der Waals surface area (Å²) in [6.45, 7) is 6.46. The number of hydrogen-bond donors (Lipinski definition) is 1. The lowest BCUT2D eigenvalue weighted by atomic mass is 10.1. The Balaban J connectivity index is 1.63. The lowest BCUT2D eigenvalue weighted by molar-refractivity contribution is -0.135. The summed E-state index contributed by atoms with van der Waals surface area (Å²) >= 11 is 0. The molecule has 1 amide bonds. The molecular formula is C14H27N3O2. The quantitative estimate of drug-likeness (QED) is 0.711. The van der Waals surface area contributed by atoms with Crippen LogP contribution in [0.25, 0.3) is 0 Å². The number of rotatable bonds is 6. The minimum atomic E-state index is 0.176. The van der Waals surface area contributed by atoms with Crippen LogP contribution in [-0.4, -0.2) is 67.7 Å². The van der Waals surface area contributed by atoms with Crippen LogP contribution in [0, 0.1) is 0 Å². The molecule has 1 unspecified atom stereocenters. The maximum atomic E-state index is 12.1. The van der Waals surface area contributed by atoms with Crippen LogP contribution in [0.3, 0.4) is 0 Å². The van der Waals surface area contributed by atoms with Crippen molar-refractivity contribution in [2.45, 2.75) is 38.2 Å². The molecule has 2 rings (SSSR count). The van der Waals surface area contributed by atoms with Crippen molar-refractivity contribution in [1.29, 1.82) is 0 Å². The summed E-state index contributed by atoms with van der Waals surface area (Å²) in [4.78, 5) is 16.6. The predicted molar refractivity (Wildman–Crippen MR) is 74.9 cm³/mol. The van der Waals surface area contributed by atoms with Crippen molar-refractivity contribution < 1.29 is 9.53 Å². The van der Waals surface area contributed by atoms with Gasteiger partial charge in [0.2, 0.25) is 5.91 Å². The van der Waals surface area contributed by atoms with Crippen LogP contribution in [-0.2, 0) is 9.53 Å². The Labute approximate surface area is 116 Å². The number of carbonyl (C=O) groups excluding carboxylic acids is 1. The van der Waals surface area contributed by atoms with Crippen molar-refractivity contribution in [2.24, 2.45) is 5.73 Å². The predicted octanol–water partition coefficient (Wildman–Crippen LogP) is 0.439. The molecule has 0 radical (unpaired) electrons. The molecule has 0 saturated carbocycles. The summed E-state index contributed by atoms with van der Waals surface area (Å²) in [5.74, 6) is 0.272. The third-order valence-electron chi connectivity index (χ3n) is 4.08. The van der Waals surface area contributed by atoms with E-state index < -0.39 is 0 Å². The second kappa shape index (κ2) is 7.82. The highest BCUT2D eigenvalue weighted by molar-refractivity contribution is 5.76. The van der Waals surface area contributed by atoms with Crippen LogP contribution in [0.5, 0.6) is 0 Å². The van der Waals surface area contributed by atoms with Crippen LogP contribution >= 0.6 is 0 Å². The molecule has 2 heterocycles. The van der Waals surface area contributed by atoms with E-state index in [4.69, 9.17) is 10.5 Å². The summed E-state index contributed by atoms with van der Waals surface area (Å²) in [5, 5.41) is 0. The smallest absolute Gasteiger partial charge is 0.225 e. The number of ether oxygens (including phenoxy) is 1. The fourth-order valence-corrected chi connectivity index (χ4v) is 2.83. The van der Waals surface area contributed by atoms with Gasteiger partial charge in [0.1, 0.15) is 0 Å². The van der Waals surface area contributed by atoms with E-state index >= 15 is 0 Å². The first kappa shape index (κ1) is 14.8. The Hall–Kier alpha value is -0.650. The highest BCUT2D eigenvalue weighted by Crippen LogP contribution is 2.17. The van der Waals surface area contributed by atoms with Crippen LogP contribution in [0.1, 0.15) is 32.1 Å². The number of carbonyl (C=O) groups is 1. The highest BCUT2D eigenvalue weighted by Gasteiger charge is 2.25. The Morgan fingerprint density at radius 1 is 1.21 bits per heavy atom. The third kappa shape index (κ3) is 4.75. The molecular weight excluding hydrogens is 242 g/mol. The third-order valence-corrected chi connectivity index (χ3v) is 4.08. The summed E-state index contributed by atoms with van der Waals surface area (Å²) in [6.07, 6.45) is 5.17. The zero-order chi connectivity index (χ0) is 13.5. The second-order valence-corrected chi connectivity index (χ2v) is 5.56. The SMILES string of the molecule is NCCCCN1CCN(C(=O)CC2CCCO2)CC1. The zero-order valence-electron chi connectivity index (χ0n) is 11.9. The standard InChI is InChI=1S/C14H27N3O2/c15-5-1-2-6-16-7-9-17(10-8-16)14(18)12-13-4-3-11-19-13/h13H,1-12,15H2. The number of nitrogens with zero attached hydrogens (tertiary/aromatic N) is 2. The molecule has 110 valence electrons. The molecule has 0 aliphatic carbocycles. The van der Waals surface area contributed by atoms with Gasteiger partial charge in [0.25, 0.3) is 0 Å². The molecule has 0 aromatic heterocycles. The van der Waals surface area contributed by atoms with Crippen molar-refractivity contribution in [3.63, 3.8) is 0 Å². The van der Waals surface area contributed by atoms with Crippen molar-refractivity contribution >= 4 is 5.91 Å². The average molecular weight is 269 g/mol. The fraction of sp³-hybridized carbons (Fsp3) is 0.929. The molecule has 2 aliphatic heterocycles. The molecule has 0 aromatic carbocycles. The molecule has 0 bridgehead atoms. The molecule has 2 N–H and O–H groups in total. The van der Waals surface area contributed by atoms with Gasteiger partial charge >= 0.3 is 0 Å². The van der Waals surface area contributed by atoms with Crippen LogP contribution < -0.4 is 5.73 Å². The van der Waals surface area contributed by atoms with Gasteiger partial charge in [-0.2, -0.15) is 0 Å². The molecule has 0 aromatic rings. The molecule has 2 aliphatic rings. The van der Waals surface area contributed by atoms with E-state index in [2.05, 4.69) is 4.90 Å². The van der Waals surface area contributed by atoms with Gasteiger partial charge in [0, 0.05) is 32.8 Å². The fourth-order valence-electron chi connectivity index (χ4n) is 2.83. The van der Waals surface area contributed by atoms with Gasteiger partial charge in [-0.1, -0.05) is 0 Å². The number of amides is 1.